The Morgan fingerprint density at radius 2 is 2.16 bits per heavy atom. The molecule has 3 heterocycles. The van der Waals surface area contributed by atoms with Crippen LogP contribution in [0.25, 0.3) is 0 Å². The number of rotatable bonds is 3. The van der Waals surface area contributed by atoms with Gasteiger partial charge in [-0.3, -0.25) is 4.79 Å². The normalized spacial score (nSPS) is 24.4. The first-order valence-corrected chi connectivity index (χ1v) is 7.77. The minimum Gasteiger partial charge on any atom is -0.366 e. The first kappa shape index (κ1) is 21.0. The molecule has 134 valence electrons. The zero-order valence-electron chi connectivity index (χ0n) is 13.5. The molecule has 3 atom stereocenters. The van der Waals surface area contributed by atoms with Crippen LogP contribution in [-0.2, 0) is 4.79 Å². The lowest BCUT2D eigenvalue weighted by Gasteiger charge is -2.23. The van der Waals surface area contributed by atoms with Crippen molar-refractivity contribution in [3.63, 3.8) is 0 Å². The van der Waals surface area contributed by atoms with Crippen LogP contribution in [0.2, 0.25) is 0 Å². The summed E-state index contributed by atoms with van der Waals surface area (Å²) in [6.07, 6.45) is 3.85. The summed E-state index contributed by atoms with van der Waals surface area (Å²) in [5, 5.41) is 24.4. The van der Waals surface area contributed by atoms with E-state index < -0.39 is 0 Å². The maximum atomic E-state index is 12.5. The van der Waals surface area contributed by atoms with Gasteiger partial charge in [0.15, 0.2) is 0 Å². The smallest absolute Gasteiger partial charge is 0.240 e. The van der Waals surface area contributed by atoms with Gasteiger partial charge in [0.05, 0.1) is 17.7 Å². The van der Waals surface area contributed by atoms with E-state index in [4.69, 9.17) is 10.5 Å². The Bertz CT molecular complexity index is 669. The summed E-state index contributed by atoms with van der Waals surface area (Å²) >= 11 is 0. The molecule has 3 rings (SSSR count). The summed E-state index contributed by atoms with van der Waals surface area (Å²) in [7, 11) is 0. The van der Waals surface area contributed by atoms with E-state index in [2.05, 4.69) is 21.7 Å². The highest BCUT2D eigenvalue weighted by molar-refractivity contribution is 5.85. The second kappa shape index (κ2) is 9.43. The SMILES string of the molecule is Cl.Cl.N#Cc1ccc(N[C@@H]2CN[C@H](C(=O)N3CCC[C@H]3C#N)C2)nc1. The number of carbonyl (C=O) groups excluding carboxylic acids is 1. The molecule has 2 N–H and O–H groups in total. The van der Waals surface area contributed by atoms with Gasteiger partial charge < -0.3 is 15.5 Å². The van der Waals surface area contributed by atoms with E-state index in [1.54, 1.807) is 17.0 Å². The largest absolute Gasteiger partial charge is 0.366 e. The predicted octanol–water partition coefficient (Wildman–Crippen LogP) is 1.45. The van der Waals surface area contributed by atoms with E-state index >= 15 is 0 Å². The van der Waals surface area contributed by atoms with Crippen LogP contribution in [-0.4, -0.2) is 47.0 Å². The molecule has 1 aromatic heterocycles. The van der Waals surface area contributed by atoms with Gasteiger partial charge in [-0.1, -0.05) is 0 Å². The fraction of sp³-hybridized carbons (Fsp3) is 0.500. The summed E-state index contributed by atoms with van der Waals surface area (Å²) in [5.74, 6) is 0.714. The summed E-state index contributed by atoms with van der Waals surface area (Å²) in [6.45, 7) is 1.34. The molecule has 2 fully saturated rings. The Hall–Kier alpha value is -2.06. The number of hydrogen-bond donors (Lipinski definition) is 2. The van der Waals surface area contributed by atoms with Crippen molar-refractivity contribution in [2.24, 2.45) is 0 Å². The molecule has 2 aliphatic heterocycles. The zero-order chi connectivity index (χ0) is 16.2. The van der Waals surface area contributed by atoms with Crippen molar-refractivity contribution in [1.29, 1.82) is 10.5 Å². The van der Waals surface area contributed by atoms with Crippen LogP contribution >= 0.6 is 24.8 Å². The van der Waals surface area contributed by atoms with Crippen molar-refractivity contribution < 1.29 is 4.79 Å². The van der Waals surface area contributed by atoms with E-state index in [0.717, 1.165) is 12.8 Å². The monoisotopic (exact) mass is 382 g/mol. The van der Waals surface area contributed by atoms with Crippen molar-refractivity contribution in [2.75, 3.05) is 18.4 Å². The third-order valence-corrected chi connectivity index (χ3v) is 4.36. The first-order valence-electron chi connectivity index (χ1n) is 7.77. The van der Waals surface area contributed by atoms with Gasteiger partial charge in [-0.2, -0.15) is 10.5 Å². The molecule has 2 saturated heterocycles. The molecule has 1 aromatic rings. The van der Waals surface area contributed by atoms with Crippen LogP contribution in [0.5, 0.6) is 0 Å². The average molecular weight is 383 g/mol. The highest BCUT2D eigenvalue weighted by Crippen LogP contribution is 2.21. The molecule has 0 radical (unpaired) electrons. The van der Waals surface area contributed by atoms with Gasteiger partial charge in [-0.25, -0.2) is 4.98 Å². The van der Waals surface area contributed by atoms with Gasteiger partial charge in [0, 0.05) is 25.3 Å². The van der Waals surface area contributed by atoms with Gasteiger partial charge in [0.1, 0.15) is 17.9 Å². The second-order valence-electron chi connectivity index (χ2n) is 5.90. The van der Waals surface area contributed by atoms with E-state index in [9.17, 15) is 4.79 Å². The third kappa shape index (κ3) is 4.73. The number of nitrogens with zero attached hydrogens (tertiary/aromatic N) is 4. The number of anilines is 1. The molecule has 25 heavy (non-hydrogen) atoms. The van der Waals surface area contributed by atoms with Crippen LogP contribution in [0.3, 0.4) is 0 Å². The highest BCUT2D eigenvalue weighted by Gasteiger charge is 2.37. The number of hydrogen-bond acceptors (Lipinski definition) is 6. The fourth-order valence-electron chi connectivity index (χ4n) is 3.15. The number of nitriles is 2. The standard InChI is InChI=1S/C16H18N6O.2ClH/c17-7-11-3-4-15(20-9-11)21-12-6-14(19-10-12)16(23)22-5-1-2-13(22)8-18;;/h3-4,9,12-14,19H,1-2,5-6,10H2,(H,20,21);2*1H/t12-,13-,14-;;/m0../s1. The summed E-state index contributed by atoms with van der Waals surface area (Å²) < 4.78 is 0. The Labute approximate surface area is 159 Å². The Morgan fingerprint density at radius 1 is 1.36 bits per heavy atom. The van der Waals surface area contributed by atoms with Crippen LogP contribution in [0, 0.1) is 22.7 Å². The third-order valence-electron chi connectivity index (χ3n) is 4.36. The minimum atomic E-state index is -0.281. The van der Waals surface area contributed by atoms with Crippen LogP contribution in [0.15, 0.2) is 18.3 Å². The summed E-state index contributed by atoms with van der Waals surface area (Å²) in [6, 6.07) is 7.28. The van der Waals surface area contributed by atoms with Crippen LogP contribution in [0.4, 0.5) is 5.82 Å². The zero-order valence-corrected chi connectivity index (χ0v) is 15.1. The predicted molar refractivity (Wildman–Crippen MR) is 97.6 cm³/mol. The van der Waals surface area contributed by atoms with Crippen LogP contribution < -0.4 is 10.6 Å². The number of nitrogens with one attached hydrogen (secondary N) is 2. The fourth-order valence-corrected chi connectivity index (χ4v) is 3.15. The number of pyridine rings is 1. The number of likely N-dealkylation sites (tertiary alicyclic amines) is 1. The molecule has 0 bridgehead atoms. The average Bonchev–Trinajstić information content (AvgIpc) is 3.24. The molecular weight excluding hydrogens is 363 g/mol. The molecule has 0 unspecified atom stereocenters. The topological polar surface area (TPSA) is 105 Å². The number of carbonyl (C=O) groups is 1. The first-order chi connectivity index (χ1) is 11.2. The van der Waals surface area contributed by atoms with Crippen molar-refractivity contribution in [1.82, 2.24) is 15.2 Å². The Kier molecular flexibility index (Phi) is 7.92. The van der Waals surface area contributed by atoms with Crippen molar-refractivity contribution in [3.8, 4) is 12.1 Å². The minimum absolute atomic E-state index is 0. The van der Waals surface area contributed by atoms with E-state index in [1.165, 1.54) is 6.20 Å². The van der Waals surface area contributed by atoms with E-state index in [-0.39, 0.29) is 48.8 Å². The Morgan fingerprint density at radius 3 is 2.80 bits per heavy atom. The molecule has 0 aromatic carbocycles. The lowest BCUT2D eigenvalue weighted by molar-refractivity contribution is -0.133. The highest BCUT2D eigenvalue weighted by atomic mass is 35.5. The molecule has 2 aliphatic rings. The maximum Gasteiger partial charge on any atom is 0.240 e. The van der Waals surface area contributed by atoms with Crippen molar-refractivity contribution >= 4 is 36.5 Å². The van der Waals surface area contributed by atoms with Gasteiger partial charge >= 0.3 is 0 Å². The van der Waals surface area contributed by atoms with E-state index in [1.807, 2.05) is 6.07 Å². The van der Waals surface area contributed by atoms with Crippen molar-refractivity contribution in [3.05, 3.63) is 23.9 Å². The Balaban J connectivity index is 0.00000156. The molecule has 0 aliphatic carbocycles. The van der Waals surface area contributed by atoms with Gasteiger partial charge in [0.25, 0.3) is 0 Å². The molecule has 9 heteroatoms. The maximum absolute atomic E-state index is 12.5. The lowest BCUT2D eigenvalue weighted by Crippen LogP contribution is -2.45. The molecule has 7 nitrogen and oxygen atoms in total. The number of aromatic nitrogens is 1. The molecule has 1 amide bonds. The summed E-state index contributed by atoms with van der Waals surface area (Å²) in [5.41, 5.74) is 0.518. The van der Waals surface area contributed by atoms with Crippen LogP contribution in [0.1, 0.15) is 24.8 Å². The number of halogens is 2. The lowest BCUT2D eigenvalue weighted by atomic mass is 10.1. The number of amides is 1. The molecule has 0 spiro atoms. The second-order valence-corrected chi connectivity index (χ2v) is 5.90. The summed E-state index contributed by atoms with van der Waals surface area (Å²) in [4.78, 5) is 18.4. The van der Waals surface area contributed by atoms with Gasteiger partial charge in [0.2, 0.25) is 5.91 Å². The van der Waals surface area contributed by atoms with Gasteiger partial charge in [-0.15, -0.1) is 24.8 Å². The van der Waals surface area contributed by atoms with E-state index in [0.29, 0.717) is 30.9 Å². The molecular formula is C16H20Cl2N6O. The van der Waals surface area contributed by atoms with Gasteiger partial charge in [-0.05, 0) is 31.4 Å². The molecule has 0 saturated carbocycles. The quantitative estimate of drug-likeness (QED) is 0.819. The van der Waals surface area contributed by atoms with Crippen molar-refractivity contribution in [2.45, 2.75) is 37.4 Å².